The van der Waals surface area contributed by atoms with Crippen LogP contribution in [0.4, 0.5) is 0 Å². The molecule has 0 radical (unpaired) electrons. The fourth-order valence-corrected chi connectivity index (χ4v) is 1.52. The average molecular weight is 252 g/mol. The quantitative estimate of drug-likeness (QED) is 0.758. The fourth-order valence-electron chi connectivity index (χ4n) is 1.52. The summed E-state index contributed by atoms with van der Waals surface area (Å²) in [5, 5.41) is 5.74. The highest BCUT2D eigenvalue weighted by Gasteiger charge is 2.07. The molecule has 5 nitrogen and oxygen atoms in total. The van der Waals surface area contributed by atoms with Gasteiger partial charge in [0.25, 0.3) is 5.91 Å². The molecule has 1 amide bonds. The van der Waals surface area contributed by atoms with E-state index in [1.165, 1.54) is 0 Å². The highest BCUT2D eigenvalue weighted by Crippen LogP contribution is 2.24. The van der Waals surface area contributed by atoms with E-state index in [-0.39, 0.29) is 12.5 Å². The van der Waals surface area contributed by atoms with E-state index in [0.717, 1.165) is 5.56 Å². The van der Waals surface area contributed by atoms with E-state index in [4.69, 9.17) is 9.47 Å². The third kappa shape index (κ3) is 4.25. The topological polar surface area (TPSA) is 59.6 Å². The highest BCUT2D eigenvalue weighted by molar-refractivity contribution is 5.77. The van der Waals surface area contributed by atoms with Crippen molar-refractivity contribution in [1.82, 2.24) is 10.6 Å². The van der Waals surface area contributed by atoms with Gasteiger partial charge in [0.15, 0.2) is 6.61 Å². The van der Waals surface area contributed by atoms with Gasteiger partial charge in [-0.15, -0.1) is 0 Å². The first-order chi connectivity index (χ1) is 8.71. The Morgan fingerprint density at radius 3 is 2.78 bits per heavy atom. The van der Waals surface area contributed by atoms with Crippen molar-refractivity contribution in [2.75, 3.05) is 27.3 Å². The van der Waals surface area contributed by atoms with Crippen LogP contribution in [-0.4, -0.2) is 33.2 Å². The van der Waals surface area contributed by atoms with Crippen molar-refractivity contribution in [3.63, 3.8) is 0 Å². The zero-order valence-corrected chi connectivity index (χ0v) is 11.1. The van der Waals surface area contributed by atoms with Crippen LogP contribution >= 0.6 is 0 Å². The smallest absolute Gasteiger partial charge is 0.257 e. The number of nitrogens with one attached hydrogen (secondary N) is 2. The Kier molecular flexibility index (Phi) is 6.00. The number of benzene rings is 1. The number of amides is 1. The molecule has 1 aromatic rings. The number of rotatable bonds is 7. The monoisotopic (exact) mass is 252 g/mol. The molecule has 0 atom stereocenters. The van der Waals surface area contributed by atoms with E-state index in [9.17, 15) is 4.79 Å². The molecule has 5 heteroatoms. The number of ether oxygens (including phenoxy) is 2. The van der Waals surface area contributed by atoms with Gasteiger partial charge in [-0.1, -0.05) is 6.07 Å². The van der Waals surface area contributed by atoms with Gasteiger partial charge in [-0.25, -0.2) is 0 Å². The maximum absolute atomic E-state index is 11.4. The number of hydrogen-bond donors (Lipinski definition) is 2. The Hall–Kier alpha value is -1.75. The summed E-state index contributed by atoms with van der Waals surface area (Å²) in [7, 11) is 3.46. The molecular formula is C13H20N2O3. The molecule has 0 aliphatic carbocycles. The summed E-state index contributed by atoms with van der Waals surface area (Å²) in [4.78, 5) is 11.4. The predicted molar refractivity (Wildman–Crippen MR) is 69.9 cm³/mol. The second-order valence-electron chi connectivity index (χ2n) is 3.75. The Bertz CT molecular complexity index is 394. The number of hydrogen-bond acceptors (Lipinski definition) is 4. The minimum absolute atomic E-state index is 0.0116. The summed E-state index contributed by atoms with van der Waals surface area (Å²) in [5.41, 5.74) is 0.989. The van der Waals surface area contributed by atoms with E-state index in [0.29, 0.717) is 24.6 Å². The van der Waals surface area contributed by atoms with Crippen LogP contribution < -0.4 is 20.1 Å². The van der Waals surface area contributed by atoms with Gasteiger partial charge < -0.3 is 20.1 Å². The van der Waals surface area contributed by atoms with E-state index >= 15 is 0 Å². The molecule has 0 spiro atoms. The largest absolute Gasteiger partial charge is 0.497 e. The lowest BCUT2D eigenvalue weighted by molar-refractivity contribution is -0.122. The van der Waals surface area contributed by atoms with Crippen molar-refractivity contribution in [3.05, 3.63) is 23.8 Å². The van der Waals surface area contributed by atoms with Crippen molar-refractivity contribution in [3.8, 4) is 11.5 Å². The van der Waals surface area contributed by atoms with Gasteiger partial charge in [-0.3, -0.25) is 4.79 Å². The molecule has 0 unspecified atom stereocenters. The van der Waals surface area contributed by atoms with E-state index in [1.807, 2.05) is 26.1 Å². The molecule has 18 heavy (non-hydrogen) atoms. The Morgan fingerprint density at radius 2 is 2.17 bits per heavy atom. The molecule has 0 bridgehead atoms. The Balaban J connectivity index is 2.73. The van der Waals surface area contributed by atoms with Crippen molar-refractivity contribution in [2.45, 2.75) is 13.5 Å². The minimum Gasteiger partial charge on any atom is -0.497 e. The first kappa shape index (κ1) is 14.3. The van der Waals surface area contributed by atoms with E-state index < -0.39 is 0 Å². The number of carbonyl (C=O) groups is 1. The van der Waals surface area contributed by atoms with Crippen LogP contribution in [0.1, 0.15) is 12.5 Å². The van der Waals surface area contributed by atoms with Crippen molar-refractivity contribution in [1.29, 1.82) is 0 Å². The molecule has 0 saturated heterocycles. The molecule has 2 N–H and O–H groups in total. The van der Waals surface area contributed by atoms with Crippen LogP contribution in [0.15, 0.2) is 18.2 Å². The SMILES string of the molecule is CCNC(=O)COc1cc(OC)ccc1CNC. The lowest BCUT2D eigenvalue weighted by Gasteiger charge is -2.12. The highest BCUT2D eigenvalue weighted by atomic mass is 16.5. The van der Waals surface area contributed by atoms with Gasteiger partial charge in [-0.05, 0) is 20.0 Å². The molecule has 0 aliphatic heterocycles. The average Bonchev–Trinajstić information content (AvgIpc) is 2.38. The summed E-state index contributed by atoms with van der Waals surface area (Å²) >= 11 is 0. The van der Waals surface area contributed by atoms with Gasteiger partial charge in [0.1, 0.15) is 11.5 Å². The van der Waals surface area contributed by atoms with Crippen molar-refractivity contribution in [2.24, 2.45) is 0 Å². The first-order valence-corrected chi connectivity index (χ1v) is 5.92. The fraction of sp³-hybridized carbons (Fsp3) is 0.462. The van der Waals surface area contributed by atoms with Crippen molar-refractivity contribution < 1.29 is 14.3 Å². The van der Waals surface area contributed by atoms with Gasteiger partial charge in [0, 0.05) is 24.7 Å². The molecule has 0 heterocycles. The van der Waals surface area contributed by atoms with Crippen LogP contribution in [0.5, 0.6) is 11.5 Å². The summed E-state index contributed by atoms with van der Waals surface area (Å²) in [6, 6.07) is 5.57. The van der Waals surface area contributed by atoms with E-state index in [2.05, 4.69) is 10.6 Å². The van der Waals surface area contributed by atoms with Gasteiger partial charge >= 0.3 is 0 Å². The van der Waals surface area contributed by atoms with E-state index in [1.54, 1.807) is 13.2 Å². The standard InChI is InChI=1S/C13H20N2O3/c1-4-15-13(16)9-18-12-7-11(17-3)6-5-10(12)8-14-2/h5-7,14H,4,8-9H2,1-3H3,(H,15,16). The third-order valence-electron chi connectivity index (χ3n) is 2.37. The molecule has 0 fully saturated rings. The summed E-state index contributed by atoms with van der Waals surface area (Å²) in [5.74, 6) is 1.24. The van der Waals surface area contributed by atoms with Crippen LogP contribution in [0.2, 0.25) is 0 Å². The maximum atomic E-state index is 11.4. The lowest BCUT2D eigenvalue weighted by atomic mass is 10.2. The number of methoxy groups -OCH3 is 1. The summed E-state index contributed by atoms with van der Waals surface area (Å²) in [6.07, 6.45) is 0. The molecule has 100 valence electrons. The predicted octanol–water partition coefficient (Wildman–Crippen LogP) is 0.929. The summed E-state index contributed by atoms with van der Waals surface area (Å²) < 4.78 is 10.7. The molecule has 1 rings (SSSR count). The zero-order valence-electron chi connectivity index (χ0n) is 11.1. The third-order valence-corrected chi connectivity index (χ3v) is 2.37. The molecule has 0 aliphatic rings. The maximum Gasteiger partial charge on any atom is 0.257 e. The van der Waals surface area contributed by atoms with Gasteiger partial charge in [0.05, 0.1) is 7.11 Å². The number of likely N-dealkylation sites (N-methyl/N-ethyl adjacent to an activating group) is 1. The second-order valence-corrected chi connectivity index (χ2v) is 3.75. The van der Waals surface area contributed by atoms with Crippen LogP contribution in [0.3, 0.4) is 0 Å². The molecule has 0 aromatic heterocycles. The minimum atomic E-state index is -0.129. The summed E-state index contributed by atoms with van der Waals surface area (Å²) in [6.45, 7) is 3.16. The Morgan fingerprint density at radius 1 is 1.39 bits per heavy atom. The van der Waals surface area contributed by atoms with Gasteiger partial charge in [-0.2, -0.15) is 0 Å². The van der Waals surface area contributed by atoms with Crippen molar-refractivity contribution >= 4 is 5.91 Å². The molecule has 0 saturated carbocycles. The van der Waals surface area contributed by atoms with Crippen LogP contribution in [0.25, 0.3) is 0 Å². The zero-order chi connectivity index (χ0) is 13.4. The van der Waals surface area contributed by atoms with Crippen LogP contribution in [0, 0.1) is 0 Å². The first-order valence-electron chi connectivity index (χ1n) is 5.92. The second kappa shape index (κ2) is 7.55. The lowest BCUT2D eigenvalue weighted by Crippen LogP contribution is -2.28. The number of carbonyl (C=O) groups excluding carboxylic acids is 1. The van der Waals surface area contributed by atoms with Gasteiger partial charge in [0.2, 0.25) is 0 Å². The molecule has 1 aromatic carbocycles. The Labute approximate surface area is 107 Å². The molecular weight excluding hydrogens is 232 g/mol. The van der Waals surface area contributed by atoms with Crippen LogP contribution in [-0.2, 0) is 11.3 Å². The normalized spacial score (nSPS) is 9.94.